The molecular weight excluding hydrogens is 350 g/mol. The van der Waals surface area contributed by atoms with Gasteiger partial charge < -0.3 is 24.8 Å². The summed E-state index contributed by atoms with van der Waals surface area (Å²) >= 11 is 0. The highest BCUT2D eigenvalue weighted by atomic mass is 16.5. The van der Waals surface area contributed by atoms with Gasteiger partial charge in [-0.2, -0.15) is 0 Å². The SMILES string of the molecule is CCNC(=O)C[C@H]1CC[C@@H]2[C@H](COC[C@H](O)CN2C(=O)c2ccccn2)O1. The Morgan fingerprint density at radius 3 is 2.93 bits per heavy atom. The van der Waals surface area contributed by atoms with Crippen LogP contribution in [0.15, 0.2) is 24.4 Å². The fourth-order valence-electron chi connectivity index (χ4n) is 3.69. The lowest BCUT2D eigenvalue weighted by Gasteiger charge is -2.44. The number of amides is 2. The topological polar surface area (TPSA) is 101 Å². The van der Waals surface area contributed by atoms with Gasteiger partial charge in [0.25, 0.3) is 5.91 Å². The third-order valence-electron chi connectivity index (χ3n) is 4.91. The second-order valence-electron chi connectivity index (χ2n) is 6.96. The van der Waals surface area contributed by atoms with Crippen molar-refractivity contribution in [3.63, 3.8) is 0 Å². The fraction of sp³-hybridized carbons (Fsp3) is 0.632. The highest BCUT2D eigenvalue weighted by molar-refractivity contribution is 5.92. The number of carbonyl (C=O) groups excluding carboxylic acids is 2. The number of hydrogen-bond acceptors (Lipinski definition) is 6. The minimum absolute atomic E-state index is 0.0375. The van der Waals surface area contributed by atoms with Crippen molar-refractivity contribution in [2.75, 3.05) is 26.3 Å². The summed E-state index contributed by atoms with van der Waals surface area (Å²) in [6, 6.07) is 4.97. The number of rotatable bonds is 4. The molecule has 2 amide bonds. The van der Waals surface area contributed by atoms with Crippen LogP contribution in [0.4, 0.5) is 0 Å². The molecule has 27 heavy (non-hydrogen) atoms. The van der Waals surface area contributed by atoms with Crippen LogP contribution >= 0.6 is 0 Å². The van der Waals surface area contributed by atoms with E-state index in [1.807, 2.05) is 6.92 Å². The molecule has 2 saturated heterocycles. The van der Waals surface area contributed by atoms with Crippen molar-refractivity contribution in [3.05, 3.63) is 30.1 Å². The average molecular weight is 377 g/mol. The Bertz CT molecular complexity index is 641. The summed E-state index contributed by atoms with van der Waals surface area (Å²) in [5, 5.41) is 13.0. The molecule has 0 radical (unpaired) electrons. The van der Waals surface area contributed by atoms with Crippen LogP contribution in [0.1, 0.15) is 36.7 Å². The number of β-amino-alcohol motifs (C(OH)–C–C–N with tert-alkyl or cyclic N) is 1. The number of aliphatic hydroxyl groups excluding tert-OH is 1. The molecule has 148 valence electrons. The van der Waals surface area contributed by atoms with Crippen LogP contribution in [0.5, 0.6) is 0 Å². The molecule has 1 aromatic rings. The first kappa shape index (κ1) is 19.7. The molecule has 2 aliphatic heterocycles. The molecule has 0 spiro atoms. The largest absolute Gasteiger partial charge is 0.389 e. The minimum atomic E-state index is -0.758. The van der Waals surface area contributed by atoms with Crippen molar-refractivity contribution < 1.29 is 24.2 Å². The van der Waals surface area contributed by atoms with Crippen LogP contribution in [-0.2, 0) is 14.3 Å². The van der Waals surface area contributed by atoms with Gasteiger partial charge in [-0.25, -0.2) is 0 Å². The Labute approximate surface area is 158 Å². The number of fused-ring (bicyclic) bond motifs is 1. The average Bonchev–Trinajstić information content (AvgIpc) is 2.65. The zero-order valence-electron chi connectivity index (χ0n) is 15.5. The molecule has 2 N–H and O–H groups in total. The van der Waals surface area contributed by atoms with Gasteiger partial charge in [0.15, 0.2) is 0 Å². The van der Waals surface area contributed by atoms with Gasteiger partial charge in [-0.3, -0.25) is 14.6 Å². The smallest absolute Gasteiger partial charge is 0.272 e. The van der Waals surface area contributed by atoms with Crippen molar-refractivity contribution >= 4 is 11.8 Å². The van der Waals surface area contributed by atoms with Gasteiger partial charge in [-0.05, 0) is 31.9 Å². The van der Waals surface area contributed by atoms with Crippen LogP contribution in [0, 0.1) is 0 Å². The van der Waals surface area contributed by atoms with Crippen molar-refractivity contribution in [2.24, 2.45) is 0 Å². The van der Waals surface area contributed by atoms with E-state index in [1.54, 1.807) is 29.3 Å². The Hall–Kier alpha value is -2.03. The fourth-order valence-corrected chi connectivity index (χ4v) is 3.69. The normalized spacial score (nSPS) is 28.6. The third kappa shape index (κ3) is 5.03. The second-order valence-corrected chi connectivity index (χ2v) is 6.96. The maximum atomic E-state index is 13.0. The first-order valence-electron chi connectivity index (χ1n) is 9.48. The molecule has 0 aliphatic carbocycles. The molecule has 0 saturated carbocycles. The van der Waals surface area contributed by atoms with Crippen molar-refractivity contribution in [1.82, 2.24) is 15.2 Å². The van der Waals surface area contributed by atoms with E-state index >= 15 is 0 Å². The Balaban J connectivity index is 1.74. The molecule has 3 heterocycles. The predicted molar refractivity (Wildman–Crippen MR) is 97.1 cm³/mol. The third-order valence-corrected chi connectivity index (χ3v) is 4.91. The number of pyridine rings is 1. The number of aliphatic hydroxyl groups is 1. The Kier molecular flexibility index (Phi) is 6.76. The van der Waals surface area contributed by atoms with E-state index in [0.29, 0.717) is 31.5 Å². The maximum Gasteiger partial charge on any atom is 0.272 e. The number of carbonyl (C=O) groups is 2. The molecule has 1 aromatic heterocycles. The van der Waals surface area contributed by atoms with Crippen LogP contribution in [0.25, 0.3) is 0 Å². The van der Waals surface area contributed by atoms with Crippen molar-refractivity contribution in [1.29, 1.82) is 0 Å². The number of nitrogens with one attached hydrogen (secondary N) is 1. The lowest BCUT2D eigenvalue weighted by molar-refractivity contribution is -0.150. The van der Waals surface area contributed by atoms with Gasteiger partial charge >= 0.3 is 0 Å². The molecule has 2 fully saturated rings. The molecule has 0 unspecified atom stereocenters. The molecular formula is C19H27N3O5. The van der Waals surface area contributed by atoms with E-state index in [-0.39, 0.29) is 49.8 Å². The lowest BCUT2D eigenvalue weighted by Crippen LogP contribution is -2.57. The number of nitrogens with zero attached hydrogens (tertiary/aromatic N) is 2. The van der Waals surface area contributed by atoms with Gasteiger partial charge in [-0.1, -0.05) is 6.07 Å². The van der Waals surface area contributed by atoms with E-state index in [0.717, 1.165) is 0 Å². The summed E-state index contributed by atoms with van der Waals surface area (Å²) in [4.78, 5) is 30.7. The molecule has 0 bridgehead atoms. The lowest BCUT2D eigenvalue weighted by atomic mass is 9.94. The van der Waals surface area contributed by atoms with Crippen LogP contribution in [0.3, 0.4) is 0 Å². The Morgan fingerprint density at radius 1 is 1.33 bits per heavy atom. The van der Waals surface area contributed by atoms with Gasteiger partial charge in [0.2, 0.25) is 5.91 Å². The standard InChI is InChI=1S/C19H27N3O5/c1-2-20-18(24)9-14-6-7-16-17(27-14)12-26-11-13(23)10-22(16)19(25)15-5-3-4-8-21-15/h3-5,8,13-14,16-17,23H,2,6-7,9-12H2,1H3,(H,20,24)/t13-,14-,16-,17+/m1/s1. The van der Waals surface area contributed by atoms with Crippen LogP contribution in [-0.4, -0.2) is 77.5 Å². The zero-order valence-corrected chi connectivity index (χ0v) is 15.5. The summed E-state index contributed by atoms with van der Waals surface area (Å²) in [6.07, 6.45) is 1.94. The van der Waals surface area contributed by atoms with E-state index in [1.165, 1.54) is 0 Å². The predicted octanol–water partition coefficient (Wildman–Crippen LogP) is 0.357. The van der Waals surface area contributed by atoms with Crippen molar-refractivity contribution in [2.45, 2.75) is 50.5 Å². The summed E-state index contributed by atoms with van der Waals surface area (Å²) in [5.41, 5.74) is 0.342. The molecule has 3 rings (SSSR count). The summed E-state index contributed by atoms with van der Waals surface area (Å²) < 4.78 is 11.7. The van der Waals surface area contributed by atoms with E-state index in [9.17, 15) is 14.7 Å². The van der Waals surface area contributed by atoms with E-state index < -0.39 is 6.10 Å². The van der Waals surface area contributed by atoms with E-state index in [2.05, 4.69) is 10.3 Å². The zero-order chi connectivity index (χ0) is 19.2. The van der Waals surface area contributed by atoms with Crippen LogP contribution < -0.4 is 5.32 Å². The second kappa shape index (κ2) is 9.25. The number of aromatic nitrogens is 1. The number of hydrogen-bond donors (Lipinski definition) is 2. The minimum Gasteiger partial charge on any atom is -0.389 e. The van der Waals surface area contributed by atoms with Gasteiger partial charge in [0.1, 0.15) is 11.8 Å². The van der Waals surface area contributed by atoms with Crippen LogP contribution in [0.2, 0.25) is 0 Å². The highest BCUT2D eigenvalue weighted by Gasteiger charge is 2.40. The Morgan fingerprint density at radius 2 is 2.19 bits per heavy atom. The van der Waals surface area contributed by atoms with Gasteiger partial charge in [0, 0.05) is 19.3 Å². The van der Waals surface area contributed by atoms with Crippen molar-refractivity contribution in [3.8, 4) is 0 Å². The maximum absolute atomic E-state index is 13.0. The van der Waals surface area contributed by atoms with Gasteiger partial charge in [-0.15, -0.1) is 0 Å². The molecule has 4 atom stereocenters. The first-order valence-corrected chi connectivity index (χ1v) is 9.48. The van der Waals surface area contributed by atoms with E-state index in [4.69, 9.17) is 9.47 Å². The highest BCUT2D eigenvalue weighted by Crippen LogP contribution is 2.28. The monoisotopic (exact) mass is 377 g/mol. The molecule has 8 heteroatoms. The van der Waals surface area contributed by atoms with Gasteiger partial charge in [0.05, 0.1) is 37.9 Å². The first-order chi connectivity index (χ1) is 13.1. The summed E-state index contributed by atoms with van der Waals surface area (Å²) in [6.45, 7) is 3.05. The summed E-state index contributed by atoms with van der Waals surface area (Å²) in [5.74, 6) is -0.262. The quantitative estimate of drug-likeness (QED) is 0.786. The molecule has 8 nitrogen and oxygen atoms in total. The summed E-state index contributed by atoms with van der Waals surface area (Å²) in [7, 11) is 0. The number of ether oxygens (including phenoxy) is 2. The molecule has 2 aliphatic rings. The molecule has 0 aromatic carbocycles.